The lowest BCUT2D eigenvalue weighted by Crippen LogP contribution is -2.40. The van der Waals surface area contributed by atoms with Gasteiger partial charge in [-0.25, -0.2) is 0 Å². The molecule has 1 aliphatic carbocycles. The molecule has 2 aliphatic heterocycles. The highest BCUT2D eigenvalue weighted by Gasteiger charge is 2.31. The van der Waals surface area contributed by atoms with E-state index in [2.05, 4.69) is 0 Å². The Kier molecular flexibility index (Phi) is 4.94. The molecule has 0 atom stereocenters. The topological polar surface area (TPSA) is 72.9 Å². The summed E-state index contributed by atoms with van der Waals surface area (Å²) in [4.78, 5) is 40.8. The van der Waals surface area contributed by atoms with Crippen LogP contribution in [-0.4, -0.2) is 48.7 Å². The van der Waals surface area contributed by atoms with E-state index in [9.17, 15) is 14.4 Å². The molecule has 6 nitrogen and oxygen atoms in total. The van der Waals surface area contributed by atoms with Gasteiger partial charge in [-0.2, -0.15) is 0 Å². The lowest BCUT2D eigenvalue weighted by molar-refractivity contribution is 0.0650. The molecule has 0 saturated carbocycles. The summed E-state index contributed by atoms with van der Waals surface area (Å²) >= 11 is 0. The molecule has 1 amide bonds. The van der Waals surface area contributed by atoms with Gasteiger partial charge in [0.15, 0.2) is 23.1 Å². The maximum Gasteiger partial charge on any atom is 0.253 e. The second kappa shape index (κ2) is 8.13. The van der Waals surface area contributed by atoms with Crippen LogP contribution in [0.4, 0.5) is 0 Å². The first-order valence-corrected chi connectivity index (χ1v) is 11.6. The van der Waals surface area contributed by atoms with Crippen LogP contribution in [0.3, 0.4) is 0 Å². The van der Waals surface area contributed by atoms with Crippen LogP contribution in [0, 0.1) is 5.92 Å². The van der Waals surface area contributed by atoms with E-state index in [0.29, 0.717) is 72.9 Å². The van der Waals surface area contributed by atoms with Crippen LogP contribution in [0.15, 0.2) is 60.7 Å². The summed E-state index contributed by atoms with van der Waals surface area (Å²) in [5.41, 5.74) is 4.18. The van der Waals surface area contributed by atoms with Gasteiger partial charge in [-0.1, -0.05) is 30.3 Å². The molecular weight excluding hydrogens is 430 g/mol. The molecule has 0 N–H and O–H groups in total. The number of benzene rings is 3. The summed E-state index contributed by atoms with van der Waals surface area (Å²) in [5.74, 6) is 1.07. The molecule has 0 radical (unpaired) electrons. The molecule has 6 rings (SSSR count). The van der Waals surface area contributed by atoms with Crippen LogP contribution in [0.1, 0.15) is 49.5 Å². The average molecular weight is 453 g/mol. The first kappa shape index (κ1) is 20.7. The maximum absolute atomic E-state index is 13.2. The van der Waals surface area contributed by atoms with Crippen molar-refractivity contribution in [3.8, 4) is 22.6 Å². The zero-order chi connectivity index (χ0) is 23.2. The second-order valence-electron chi connectivity index (χ2n) is 8.92. The van der Waals surface area contributed by atoms with Gasteiger partial charge in [0.05, 0.1) is 0 Å². The molecule has 0 unspecified atom stereocenters. The number of piperidine rings is 1. The zero-order valence-corrected chi connectivity index (χ0v) is 18.6. The van der Waals surface area contributed by atoms with Gasteiger partial charge in [-0.15, -0.1) is 0 Å². The molecule has 0 spiro atoms. The Morgan fingerprint density at radius 2 is 1.41 bits per heavy atom. The number of carbonyl (C=O) groups is 3. The third-order valence-electron chi connectivity index (χ3n) is 6.95. The van der Waals surface area contributed by atoms with E-state index in [1.54, 1.807) is 35.2 Å². The van der Waals surface area contributed by atoms with Crippen molar-refractivity contribution in [3.63, 3.8) is 0 Å². The summed E-state index contributed by atoms with van der Waals surface area (Å²) in [6, 6.07) is 18.2. The van der Waals surface area contributed by atoms with Gasteiger partial charge in [0.25, 0.3) is 5.91 Å². The standard InChI is InChI=1S/C28H23NO5/c30-26(18-6-8-24-25(16-18)34-14-13-33-24)17-9-11-29(12-10-17)28(32)19-5-7-21-20-3-1-2-4-22(20)27(31)23(21)15-19/h1-8,15-17H,9-14H2. The highest BCUT2D eigenvalue weighted by atomic mass is 16.6. The largest absolute Gasteiger partial charge is 0.486 e. The van der Waals surface area contributed by atoms with Gasteiger partial charge >= 0.3 is 0 Å². The minimum absolute atomic E-state index is 0.0380. The lowest BCUT2D eigenvalue weighted by Gasteiger charge is -2.31. The normalized spacial score (nSPS) is 16.7. The van der Waals surface area contributed by atoms with Crippen LogP contribution in [0.5, 0.6) is 11.5 Å². The van der Waals surface area contributed by atoms with E-state index in [1.165, 1.54) is 0 Å². The van der Waals surface area contributed by atoms with Crippen molar-refractivity contribution < 1.29 is 23.9 Å². The number of nitrogens with zero attached hydrogens (tertiary/aromatic N) is 1. The Hall–Kier alpha value is -3.93. The molecule has 2 heterocycles. The molecule has 34 heavy (non-hydrogen) atoms. The van der Waals surface area contributed by atoms with Gasteiger partial charge in [-0.05, 0) is 54.3 Å². The second-order valence-corrected chi connectivity index (χ2v) is 8.92. The molecule has 1 saturated heterocycles. The Labute approximate surface area is 197 Å². The average Bonchev–Trinajstić information content (AvgIpc) is 3.19. The van der Waals surface area contributed by atoms with Gasteiger partial charge in [0.1, 0.15) is 13.2 Å². The minimum Gasteiger partial charge on any atom is -0.486 e. The van der Waals surface area contributed by atoms with E-state index < -0.39 is 0 Å². The predicted octanol–water partition coefficient (Wildman–Crippen LogP) is 4.40. The zero-order valence-electron chi connectivity index (χ0n) is 18.6. The number of ether oxygens (including phenoxy) is 2. The van der Waals surface area contributed by atoms with Crippen LogP contribution in [0.2, 0.25) is 0 Å². The number of ketones is 2. The number of rotatable bonds is 3. The molecule has 0 aromatic heterocycles. The van der Waals surface area contributed by atoms with Crippen LogP contribution < -0.4 is 9.47 Å². The molecule has 170 valence electrons. The van der Waals surface area contributed by atoms with Crippen molar-refractivity contribution >= 4 is 17.5 Å². The minimum atomic E-state index is -0.136. The van der Waals surface area contributed by atoms with Gasteiger partial charge in [0.2, 0.25) is 0 Å². The Bertz CT molecular complexity index is 1340. The fraction of sp³-hybridized carbons (Fsp3) is 0.250. The third-order valence-corrected chi connectivity index (χ3v) is 6.95. The monoisotopic (exact) mass is 453 g/mol. The summed E-state index contributed by atoms with van der Waals surface area (Å²) in [6.07, 6.45) is 1.21. The number of amides is 1. The van der Waals surface area contributed by atoms with E-state index in [0.717, 1.165) is 11.1 Å². The fourth-order valence-corrected chi connectivity index (χ4v) is 5.12. The number of fused-ring (bicyclic) bond motifs is 4. The molecular formula is C28H23NO5. The number of likely N-dealkylation sites (tertiary alicyclic amines) is 1. The molecule has 6 heteroatoms. The third kappa shape index (κ3) is 3.37. The van der Waals surface area contributed by atoms with Crippen molar-refractivity contribution in [1.29, 1.82) is 0 Å². The highest BCUT2D eigenvalue weighted by Crippen LogP contribution is 2.37. The van der Waals surface area contributed by atoms with E-state index in [-0.39, 0.29) is 23.4 Å². The quantitative estimate of drug-likeness (QED) is 0.430. The molecule has 0 bridgehead atoms. The summed E-state index contributed by atoms with van der Waals surface area (Å²) in [6.45, 7) is 2.00. The van der Waals surface area contributed by atoms with Gasteiger partial charge in [0, 0.05) is 41.3 Å². The van der Waals surface area contributed by atoms with Crippen molar-refractivity contribution in [2.45, 2.75) is 12.8 Å². The molecule has 3 aromatic rings. The Morgan fingerprint density at radius 3 is 2.21 bits per heavy atom. The molecule has 3 aromatic carbocycles. The molecule has 1 fully saturated rings. The smallest absolute Gasteiger partial charge is 0.253 e. The maximum atomic E-state index is 13.2. The fourth-order valence-electron chi connectivity index (χ4n) is 5.12. The summed E-state index contributed by atoms with van der Waals surface area (Å²) < 4.78 is 11.1. The Balaban J connectivity index is 1.14. The first-order valence-electron chi connectivity index (χ1n) is 11.6. The number of hydrogen-bond acceptors (Lipinski definition) is 5. The van der Waals surface area contributed by atoms with Crippen LogP contribution in [0.25, 0.3) is 11.1 Å². The number of Topliss-reactive ketones (excluding diaryl/α,β-unsaturated/α-hetero) is 1. The van der Waals surface area contributed by atoms with Crippen molar-refractivity contribution in [2.24, 2.45) is 5.92 Å². The van der Waals surface area contributed by atoms with E-state index in [1.807, 2.05) is 30.3 Å². The predicted molar refractivity (Wildman–Crippen MR) is 126 cm³/mol. The lowest BCUT2D eigenvalue weighted by atomic mass is 9.88. The van der Waals surface area contributed by atoms with E-state index in [4.69, 9.17) is 9.47 Å². The van der Waals surface area contributed by atoms with Crippen LogP contribution in [-0.2, 0) is 0 Å². The van der Waals surface area contributed by atoms with Gasteiger partial charge < -0.3 is 14.4 Å². The van der Waals surface area contributed by atoms with Gasteiger partial charge in [-0.3, -0.25) is 14.4 Å². The Morgan fingerprint density at radius 1 is 0.735 bits per heavy atom. The number of carbonyl (C=O) groups excluding carboxylic acids is 3. The van der Waals surface area contributed by atoms with Crippen LogP contribution >= 0.6 is 0 Å². The first-order chi connectivity index (χ1) is 16.6. The molecule has 3 aliphatic rings. The summed E-state index contributed by atoms with van der Waals surface area (Å²) in [7, 11) is 0. The van der Waals surface area contributed by atoms with Crippen molar-refractivity contribution in [2.75, 3.05) is 26.3 Å². The van der Waals surface area contributed by atoms with Crippen molar-refractivity contribution in [3.05, 3.63) is 82.9 Å². The SMILES string of the molecule is O=C1c2ccccc2-c2ccc(C(=O)N3CCC(C(=O)c4ccc5c(c4)OCCO5)CC3)cc21. The summed E-state index contributed by atoms with van der Waals surface area (Å²) in [5, 5.41) is 0. The van der Waals surface area contributed by atoms with E-state index >= 15 is 0 Å². The van der Waals surface area contributed by atoms with Crippen molar-refractivity contribution in [1.82, 2.24) is 4.90 Å². The highest BCUT2D eigenvalue weighted by molar-refractivity contribution is 6.22. The number of hydrogen-bond donors (Lipinski definition) is 0.